The van der Waals surface area contributed by atoms with Gasteiger partial charge in [-0.1, -0.05) is 65.2 Å². The number of rotatable bonds is 50. The van der Waals surface area contributed by atoms with Crippen LogP contribution in [0, 0.1) is 0 Å². The minimum absolute atomic E-state index is 0.189. The van der Waals surface area contributed by atoms with Crippen LogP contribution in [0.1, 0.15) is 88.4 Å². The predicted molar refractivity (Wildman–Crippen MR) is 233 cm³/mol. The summed E-state index contributed by atoms with van der Waals surface area (Å²) in [7, 11) is 0. The Morgan fingerprint density at radius 2 is 0.633 bits per heavy atom. The van der Waals surface area contributed by atoms with Crippen LogP contribution in [0.2, 0.25) is 0 Å². The van der Waals surface area contributed by atoms with Crippen LogP contribution in [0.15, 0.2) is 24.3 Å². The van der Waals surface area contributed by atoms with Gasteiger partial charge in [0.15, 0.2) is 0 Å². The van der Waals surface area contributed by atoms with E-state index in [-0.39, 0.29) is 12.6 Å². The van der Waals surface area contributed by atoms with Gasteiger partial charge in [0.05, 0.1) is 158 Å². The fraction of sp³-hybridized carbons (Fsp3) is 0.844. The molecule has 15 heteroatoms. The van der Waals surface area contributed by atoms with E-state index in [0.717, 1.165) is 38.1 Å². The Morgan fingerprint density at radius 3 is 0.967 bits per heavy atom. The van der Waals surface area contributed by atoms with Gasteiger partial charge in [-0.15, -0.1) is 0 Å². The van der Waals surface area contributed by atoms with E-state index >= 15 is 0 Å². The van der Waals surface area contributed by atoms with Gasteiger partial charge in [0, 0.05) is 18.8 Å². The highest BCUT2D eigenvalue weighted by Gasteiger charge is 2.07. The first-order valence-corrected chi connectivity index (χ1v) is 22.7. The molecule has 352 valence electrons. The van der Waals surface area contributed by atoms with Gasteiger partial charge < -0.3 is 66.9 Å². The number of carbonyl (C=O) groups excluding carboxylic acids is 1. The lowest BCUT2D eigenvalue weighted by Crippen LogP contribution is -2.16. The zero-order valence-electron chi connectivity index (χ0n) is 37.5. The number of nitrogens with one attached hydrogen (secondary N) is 1. The molecule has 1 aromatic carbocycles. The molecule has 0 saturated carbocycles. The van der Waals surface area contributed by atoms with E-state index in [9.17, 15) is 4.79 Å². The molecule has 0 unspecified atom stereocenters. The Balaban J connectivity index is 1.65. The molecule has 0 radical (unpaired) electrons. The molecule has 1 rings (SSSR count). The average Bonchev–Trinajstić information content (AvgIpc) is 3.26. The second-order valence-corrected chi connectivity index (χ2v) is 13.8. The second-order valence-electron chi connectivity index (χ2n) is 13.8. The van der Waals surface area contributed by atoms with Crippen molar-refractivity contribution in [1.29, 1.82) is 0 Å². The van der Waals surface area contributed by atoms with Crippen molar-refractivity contribution in [3.63, 3.8) is 0 Å². The van der Waals surface area contributed by atoms with Gasteiger partial charge in [0.1, 0.15) is 6.61 Å². The minimum atomic E-state index is -0.361. The summed E-state index contributed by atoms with van der Waals surface area (Å²) in [6.45, 7) is 17.8. The summed E-state index contributed by atoms with van der Waals surface area (Å²) < 4.78 is 71.5. The molecule has 60 heavy (non-hydrogen) atoms. The highest BCUT2D eigenvalue weighted by atomic mass is 16.6. The molecule has 0 saturated heterocycles. The van der Waals surface area contributed by atoms with Gasteiger partial charge in [-0.05, 0) is 37.1 Å². The summed E-state index contributed by atoms with van der Waals surface area (Å²) in [5, 5.41) is 3.32. The Hall–Kier alpha value is -1.99. The van der Waals surface area contributed by atoms with Crippen molar-refractivity contribution < 1.29 is 66.4 Å². The molecule has 0 aliphatic heterocycles. The van der Waals surface area contributed by atoms with Crippen molar-refractivity contribution in [3.8, 4) is 0 Å². The Morgan fingerprint density at radius 1 is 0.350 bits per heavy atom. The molecule has 0 bridgehead atoms. The summed E-state index contributed by atoms with van der Waals surface area (Å²) >= 11 is 0. The number of hydrogen-bond acceptors (Lipinski definition) is 15. The summed E-state index contributed by atoms with van der Waals surface area (Å²) in [5.74, 6) is -0.361. The van der Waals surface area contributed by atoms with Crippen LogP contribution in [-0.2, 0) is 61.6 Å². The number of anilines is 1. The first-order valence-electron chi connectivity index (χ1n) is 22.7. The summed E-state index contributed by atoms with van der Waals surface area (Å²) in [6, 6.07) is 7.30. The molecule has 0 atom stereocenters. The first-order chi connectivity index (χ1) is 29.8. The molecule has 0 spiro atoms. The molecule has 1 N–H and O–H groups in total. The lowest BCUT2D eigenvalue weighted by Gasteiger charge is -2.09. The fourth-order valence-corrected chi connectivity index (χ4v) is 5.27. The maximum atomic E-state index is 12.2. The first kappa shape index (κ1) is 56.0. The van der Waals surface area contributed by atoms with Crippen LogP contribution in [0.3, 0.4) is 0 Å². The van der Waals surface area contributed by atoms with Crippen LogP contribution >= 0.6 is 0 Å². The van der Waals surface area contributed by atoms with Gasteiger partial charge in [-0.3, -0.25) is 0 Å². The number of esters is 1. The van der Waals surface area contributed by atoms with E-state index < -0.39 is 0 Å². The molecule has 0 aromatic heterocycles. The van der Waals surface area contributed by atoms with Crippen molar-refractivity contribution in [2.75, 3.05) is 177 Å². The van der Waals surface area contributed by atoms with Crippen LogP contribution in [0.25, 0.3) is 0 Å². The van der Waals surface area contributed by atoms with E-state index in [0.29, 0.717) is 158 Å². The second kappa shape index (κ2) is 48.0. The van der Waals surface area contributed by atoms with Gasteiger partial charge >= 0.3 is 5.97 Å². The SMILES string of the molecule is CCCCCCCCCCOCCOCCOCCOCCOCCOCCOCCOCCOCCOCCOCCOCCOC(=O)c1ccc(NCCCC)cc1. The van der Waals surface area contributed by atoms with Gasteiger partial charge in [-0.25, -0.2) is 4.79 Å². The van der Waals surface area contributed by atoms with Crippen LogP contribution in [0.5, 0.6) is 0 Å². The number of carbonyl (C=O) groups is 1. The van der Waals surface area contributed by atoms with Gasteiger partial charge in [0.25, 0.3) is 0 Å². The molecule has 0 fully saturated rings. The smallest absolute Gasteiger partial charge is 0.338 e. The average molecular weight is 862 g/mol. The fourth-order valence-electron chi connectivity index (χ4n) is 5.27. The molecule has 15 nitrogen and oxygen atoms in total. The van der Waals surface area contributed by atoms with Gasteiger partial charge in [-0.2, -0.15) is 0 Å². The van der Waals surface area contributed by atoms with E-state index in [4.69, 9.17) is 61.6 Å². The van der Waals surface area contributed by atoms with Crippen molar-refractivity contribution in [2.24, 2.45) is 0 Å². The molecule has 0 amide bonds. The number of ether oxygens (including phenoxy) is 13. The Labute approximate surface area is 362 Å². The molecule has 0 aliphatic carbocycles. The number of unbranched alkanes of at least 4 members (excludes halogenated alkanes) is 8. The maximum Gasteiger partial charge on any atom is 0.338 e. The predicted octanol–water partition coefficient (Wildman–Crippen LogP) is 6.40. The minimum Gasteiger partial charge on any atom is -0.460 e. The lowest BCUT2D eigenvalue weighted by molar-refractivity contribution is -0.0288. The van der Waals surface area contributed by atoms with E-state index in [1.165, 1.54) is 44.9 Å². The van der Waals surface area contributed by atoms with E-state index in [1.807, 2.05) is 12.1 Å². The Bertz CT molecular complexity index is 993. The van der Waals surface area contributed by atoms with Crippen molar-refractivity contribution in [1.82, 2.24) is 0 Å². The third-order valence-corrected chi connectivity index (χ3v) is 8.68. The molecular formula is C45H83NO14. The number of hydrogen-bond donors (Lipinski definition) is 1. The van der Waals surface area contributed by atoms with Gasteiger partial charge in [0.2, 0.25) is 0 Å². The zero-order valence-corrected chi connectivity index (χ0v) is 37.5. The van der Waals surface area contributed by atoms with Crippen LogP contribution in [0.4, 0.5) is 5.69 Å². The number of benzene rings is 1. The third-order valence-electron chi connectivity index (χ3n) is 8.68. The normalized spacial score (nSPS) is 11.4. The van der Waals surface area contributed by atoms with Crippen molar-refractivity contribution in [3.05, 3.63) is 29.8 Å². The monoisotopic (exact) mass is 862 g/mol. The standard InChI is InChI=1S/C45H83NO14/c1-3-5-7-8-9-10-11-12-18-48-19-20-49-21-22-50-23-24-51-25-26-52-27-28-53-29-30-54-31-32-55-33-34-56-35-36-57-37-38-58-39-40-59-41-42-60-45(47)43-13-15-44(16-14-43)46-17-6-4-2/h13-16,46H,3-12,17-42H2,1-2H3. The molecular weight excluding hydrogens is 778 g/mol. The van der Waals surface area contributed by atoms with E-state index in [1.54, 1.807) is 12.1 Å². The molecule has 0 aliphatic rings. The molecule has 0 heterocycles. The van der Waals surface area contributed by atoms with E-state index in [2.05, 4.69) is 19.2 Å². The largest absolute Gasteiger partial charge is 0.460 e. The highest BCUT2D eigenvalue weighted by molar-refractivity contribution is 5.89. The summed E-state index contributed by atoms with van der Waals surface area (Å²) in [6.07, 6.45) is 12.7. The van der Waals surface area contributed by atoms with Crippen molar-refractivity contribution >= 4 is 11.7 Å². The molecule has 1 aromatic rings. The Kier molecular flexibility index (Phi) is 44.9. The zero-order chi connectivity index (χ0) is 42.9. The maximum absolute atomic E-state index is 12.2. The topological polar surface area (TPSA) is 149 Å². The highest BCUT2D eigenvalue weighted by Crippen LogP contribution is 2.11. The summed E-state index contributed by atoms with van der Waals surface area (Å²) in [4.78, 5) is 12.2. The van der Waals surface area contributed by atoms with Crippen LogP contribution in [-0.4, -0.2) is 178 Å². The quantitative estimate of drug-likeness (QED) is 0.0569. The summed E-state index contributed by atoms with van der Waals surface area (Å²) in [5.41, 5.74) is 1.51. The third kappa shape index (κ3) is 41.4. The van der Waals surface area contributed by atoms with Crippen LogP contribution < -0.4 is 5.32 Å². The van der Waals surface area contributed by atoms with Crippen molar-refractivity contribution in [2.45, 2.75) is 78.1 Å². The lowest BCUT2D eigenvalue weighted by atomic mass is 10.1.